The van der Waals surface area contributed by atoms with Crippen molar-refractivity contribution in [3.63, 3.8) is 0 Å². The minimum Gasteiger partial charge on any atom is -0.493 e. The summed E-state index contributed by atoms with van der Waals surface area (Å²) in [5.74, 6) is -0.256. The summed E-state index contributed by atoms with van der Waals surface area (Å²) in [6, 6.07) is 8.43. The molecule has 1 aliphatic rings. The molecule has 9 heteroatoms. The van der Waals surface area contributed by atoms with Crippen LogP contribution in [0.4, 0.5) is 0 Å². The quantitative estimate of drug-likeness (QED) is 0.667. The van der Waals surface area contributed by atoms with Crippen molar-refractivity contribution < 1.29 is 23.9 Å². The number of nitrogens with zero attached hydrogens (tertiary/aromatic N) is 1. The van der Waals surface area contributed by atoms with Crippen LogP contribution in [0.3, 0.4) is 0 Å². The Balaban J connectivity index is 1.56. The first-order valence-electron chi connectivity index (χ1n) is 10.2. The molecule has 3 rings (SSSR count). The lowest BCUT2D eigenvalue weighted by Gasteiger charge is -2.31. The first-order valence-corrected chi connectivity index (χ1v) is 11.0. The highest BCUT2D eigenvalue weighted by Gasteiger charge is 2.29. The predicted octanol–water partition coefficient (Wildman–Crippen LogP) is 2.86. The number of carbonyl (C=O) groups excluding carboxylic acids is 3. The SMILES string of the molecule is COc1cc(C(=O)NNC(=O)[C@@H]2CCCN(C(=O)c3cccs3)C2)ccc1OC(C)C. The van der Waals surface area contributed by atoms with Gasteiger partial charge in [-0.25, -0.2) is 0 Å². The molecule has 8 nitrogen and oxygen atoms in total. The Morgan fingerprint density at radius 1 is 1.16 bits per heavy atom. The van der Waals surface area contributed by atoms with E-state index >= 15 is 0 Å². The molecule has 1 aromatic carbocycles. The normalized spacial score (nSPS) is 16.0. The smallest absolute Gasteiger partial charge is 0.269 e. The molecule has 0 aliphatic carbocycles. The van der Waals surface area contributed by atoms with Gasteiger partial charge in [-0.1, -0.05) is 6.07 Å². The Morgan fingerprint density at radius 2 is 1.97 bits per heavy atom. The number of piperidine rings is 1. The molecule has 1 aromatic heterocycles. The van der Waals surface area contributed by atoms with E-state index in [4.69, 9.17) is 9.47 Å². The lowest BCUT2D eigenvalue weighted by atomic mass is 9.97. The number of methoxy groups -OCH3 is 1. The van der Waals surface area contributed by atoms with E-state index in [2.05, 4.69) is 10.9 Å². The molecule has 1 atom stereocenters. The van der Waals surface area contributed by atoms with E-state index in [0.29, 0.717) is 41.4 Å². The molecule has 0 spiro atoms. The molecule has 0 unspecified atom stereocenters. The number of benzene rings is 1. The summed E-state index contributed by atoms with van der Waals surface area (Å²) >= 11 is 1.39. The number of carbonyl (C=O) groups is 3. The lowest BCUT2D eigenvalue weighted by Crippen LogP contribution is -2.50. The van der Waals surface area contributed by atoms with Gasteiger partial charge in [0.05, 0.1) is 24.0 Å². The van der Waals surface area contributed by atoms with Gasteiger partial charge in [0.15, 0.2) is 11.5 Å². The molecule has 0 saturated carbocycles. The largest absolute Gasteiger partial charge is 0.493 e. The minimum absolute atomic E-state index is 0.0328. The van der Waals surface area contributed by atoms with Crippen LogP contribution >= 0.6 is 11.3 Å². The van der Waals surface area contributed by atoms with E-state index in [-0.39, 0.29) is 23.8 Å². The number of hydrogen-bond donors (Lipinski definition) is 2. The second-order valence-electron chi connectivity index (χ2n) is 7.54. The van der Waals surface area contributed by atoms with E-state index in [0.717, 1.165) is 6.42 Å². The maximum atomic E-state index is 12.6. The molecular formula is C22H27N3O5S. The van der Waals surface area contributed by atoms with Crippen LogP contribution in [-0.4, -0.2) is 48.9 Å². The second kappa shape index (κ2) is 10.3. The number of nitrogens with one attached hydrogen (secondary N) is 2. The van der Waals surface area contributed by atoms with Crippen molar-refractivity contribution in [1.82, 2.24) is 15.8 Å². The van der Waals surface area contributed by atoms with E-state index in [1.165, 1.54) is 18.4 Å². The number of hydrogen-bond acceptors (Lipinski definition) is 6. The fourth-order valence-electron chi connectivity index (χ4n) is 3.38. The Morgan fingerprint density at radius 3 is 2.65 bits per heavy atom. The summed E-state index contributed by atoms with van der Waals surface area (Å²) in [6.07, 6.45) is 1.36. The van der Waals surface area contributed by atoms with Crippen molar-refractivity contribution >= 4 is 29.1 Å². The first-order chi connectivity index (χ1) is 14.9. The molecule has 31 heavy (non-hydrogen) atoms. The number of amides is 3. The third-order valence-electron chi connectivity index (χ3n) is 4.90. The van der Waals surface area contributed by atoms with Crippen LogP contribution in [0.15, 0.2) is 35.7 Å². The number of thiophene rings is 1. The molecule has 0 bridgehead atoms. The van der Waals surface area contributed by atoms with E-state index in [9.17, 15) is 14.4 Å². The van der Waals surface area contributed by atoms with Gasteiger partial charge in [-0.05, 0) is 56.3 Å². The van der Waals surface area contributed by atoms with Crippen molar-refractivity contribution in [3.05, 3.63) is 46.2 Å². The van der Waals surface area contributed by atoms with Gasteiger partial charge in [0.2, 0.25) is 5.91 Å². The van der Waals surface area contributed by atoms with Crippen LogP contribution in [0.5, 0.6) is 11.5 Å². The fourth-order valence-corrected chi connectivity index (χ4v) is 4.08. The number of rotatable bonds is 6. The van der Waals surface area contributed by atoms with Crippen LogP contribution in [-0.2, 0) is 4.79 Å². The zero-order valence-electron chi connectivity index (χ0n) is 17.8. The zero-order chi connectivity index (χ0) is 22.4. The average Bonchev–Trinajstić information content (AvgIpc) is 3.31. The maximum Gasteiger partial charge on any atom is 0.269 e. The summed E-state index contributed by atoms with van der Waals surface area (Å²) in [5.41, 5.74) is 5.25. The molecule has 1 fully saturated rings. The van der Waals surface area contributed by atoms with Crippen molar-refractivity contribution in [2.45, 2.75) is 32.8 Å². The first kappa shape index (κ1) is 22.6. The van der Waals surface area contributed by atoms with Crippen molar-refractivity contribution in [2.75, 3.05) is 20.2 Å². The van der Waals surface area contributed by atoms with E-state index < -0.39 is 5.91 Å². The summed E-state index contributed by atoms with van der Waals surface area (Å²) in [5, 5.41) is 1.85. The van der Waals surface area contributed by atoms with Gasteiger partial charge < -0.3 is 14.4 Å². The van der Waals surface area contributed by atoms with Gasteiger partial charge in [-0.2, -0.15) is 0 Å². The monoisotopic (exact) mass is 445 g/mol. The Kier molecular flexibility index (Phi) is 7.51. The Labute approximate surface area is 185 Å². The zero-order valence-corrected chi connectivity index (χ0v) is 18.7. The van der Waals surface area contributed by atoms with Crippen LogP contribution in [0.2, 0.25) is 0 Å². The number of hydrazine groups is 1. The third kappa shape index (κ3) is 5.75. The Hall–Kier alpha value is -3.07. The van der Waals surface area contributed by atoms with Crippen molar-refractivity contribution in [2.24, 2.45) is 5.92 Å². The summed E-state index contributed by atoms with van der Waals surface area (Å²) in [4.78, 5) is 40.0. The van der Waals surface area contributed by atoms with Gasteiger partial charge in [-0.3, -0.25) is 25.2 Å². The van der Waals surface area contributed by atoms with E-state index in [1.54, 1.807) is 29.2 Å². The lowest BCUT2D eigenvalue weighted by molar-refractivity contribution is -0.127. The molecule has 1 saturated heterocycles. The van der Waals surface area contributed by atoms with Crippen LogP contribution in [0.1, 0.15) is 46.7 Å². The van der Waals surface area contributed by atoms with Crippen LogP contribution in [0.25, 0.3) is 0 Å². The topological polar surface area (TPSA) is 97.0 Å². The average molecular weight is 446 g/mol. The molecule has 2 N–H and O–H groups in total. The highest BCUT2D eigenvalue weighted by atomic mass is 32.1. The Bertz CT molecular complexity index is 929. The summed E-state index contributed by atoms with van der Waals surface area (Å²) in [6.45, 7) is 4.75. The van der Waals surface area contributed by atoms with Gasteiger partial charge in [-0.15, -0.1) is 11.3 Å². The van der Waals surface area contributed by atoms with Gasteiger partial charge in [0.1, 0.15) is 0 Å². The molecule has 0 radical (unpaired) electrons. The predicted molar refractivity (Wildman–Crippen MR) is 117 cm³/mol. The molecule has 2 aromatic rings. The summed E-state index contributed by atoms with van der Waals surface area (Å²) < 4.78 is 10.9. The van der Waals surface area contributed by atoms with Gasteiger partial charge in [0.25, 0.3) is 11.8 Å². The molecular weight excluding hydrogens is 418 g/mol. The maximum absolute atomic E-state index is 12.6. The minimum atomic E-state index is -0.468. The molecule has 3 amide bonds. The van der Waals surface area contributed by atoms with Crippen LogP contribution < -0.4 is 20.3 Å². The molecule has 1 aliphatic heterocycles. The standard InChI is InChI=1S/C22H27N3O5S/c1-14(2)30-17-9-8-15(12-18(17)29-3)20(26)23-24-21(27)16-6-4-10-25(13-16)22(28)19-7-5-11-31-19/h5,7-9,11-12,14,16H,4,6,10,13H2,1-3H3,(H,23,26)(H,24,27)/t16-/m1/s1. The fraction of sp³-hybridized carbons (Fsp3) is 0.409. The number of ether oxygens (including phenoxy) is 2. The van der Waals surface area contributed by atoms with Crippen molar-refractivity contribution in [3.8, 4) is 11.5 Å². The molecule has 2 heterocycles. The summed E-state index contributed by atoms with van der Waals surface area (Å²) in [7, 11) is 1.50. The number of likely N-dealkylation sites (tertiary alicyclic amines) is 1. The highest BCUT2D eigenvalue weighted by Crippen LogP contribution is 2.29. The van der Waals surface area contributed by atoms with Gasteiger partial charge >= 0.3 is 0 Å². The van der Waals surface area contributed by atoms with Crippen LogP contribution in [0, 0.1) is 5.92 Å². The second-order valence-corrected chi connectivity index (χ2v) is 8.49. The van der Waals surface area contributed by atoms with Crippen molar-refractivity contribution in [1.29, 1.82) is 0 Å². The molecule has 166 valence electrons. The highest BCUT2D eigenvalue weighted by molar-refractivity contribution is 7.12. The third-order valence-corrected chi connectivity index (χ3v) is 5.76. The van der Waals surface area contributed by atoms with E-state index in [1.807, 2.05) is 25.3 Å². The van der Waals surface area contributed by atoms with Gasteiger partial charge in [0, 0.05) is 18.7 Å².